The van der Waals surface area contributed by atoms with E-state index in [1.165, 1.54) is 24.1 Å². The molecule has 27 valence electrons. The van der Waals surface area contributed by atoms with E-state index in [1.54, 1.807) is 0 Å². The maximum absolute atomic E-state index is 3.60. The summed E-state index contributed by atoms with van der Waals surface area (Å²) in [6.45, 7) is 0. The fourth-order valence-electron chi connectivity index (χ4n) is 0.0932. The summed E-state index contributed by atoms with van der Waals surface area (Å²) >= 11 is 2.67. The molecule has 0 saturated carbocycles. The first-order valence-corrected chi connectivity index (χ1v) is 2.61. The first-order valence-electron chi connectivity index (χ1n) is 1.02. The summed E-state index contributed by atoms with van der Waals surface area (Å²) < 4.78 is 6.38. The molecule has 0 aliphatic carbocycles. The molecular formula is CHN2S2. The van der Waals surface area contributed by atoms with Crippen molar-refractivity contribution in [2.24, 2.45) is 4.40 Å². The standard InChI is InChI=1S/CHN2S2/c1-2-5-3-4-1/h3H. The van der Waals surface area contributed by atoms with Gasteiger partial charge in [0.05, 0.1) is 12.1 Å². The van der Waals surface area contributed by atoms with Crippen molar-refractivity contribution >= 4 is 29.6 Å². The van der Waals surface area contributed by atoms with Gasteiger partial charge in [0.2, 0.25) is 0 Å². The molecule has 0 aromatic carbocycles. The molecule has 1 heterocycles. The van der Waals surface area contributed by atoms with Crippen LogP contribution in [0.4, 0.5) is 0 Å². The first kappa shape index (κ1) is 3.52. The van der Waals surface area contributed by atoms with E-state index in [-0.39, 0.29) is 0 Å². The smallest absolute Gasteiger partial charge is 0.156 e. The van der Waals surface area contributed by atoms with Crippen LogP contribution >= 0.6 is 24.1 Å². The maximum Gasteiger partial charge on any atom is 0.156 e. The Hall–Kier alpha value is 0.330. The van der Waals surface area contributed by atoms with Crippen molar-refractivity contribution in [1.29, 1.82) is 0 Å². The van der Waals surface area contributed by atoms with Crippen molar-refractivity contribution in [2.75, 3.05) is 0 Å². The summed E-state index contributed by atoms with van der Waals surface area (Å²) in [6.07, 6.45) is 0. The molecule has 5 heavy (non-hydrogen) atoms. The lowest BCUT2D eigenvalue weighted by Gasteiger charge is -1.71. The van der Waals surface area contributed by atoms with E-state index < -0.39 is 0 Å². The molecule has 1 N–H and O–H groups in total. The minimum Gasteiger partial charge on any atom is -0.188 e. The minimum atomic E-state index is 1.30. The highest BCUT2D eigenvalue weighted by atomic mass is 32.2. The molecule has 0 fully saturated rings. The predicted molar refractivity (Wildman–Crippen MR) is 25.8 cm³/mol. The zero-order chi connectivity index (χ0) is 3.54. The quantitative estimate of drug-likeness (QED) is 0.459. The Morgan fingerprint density at radius 1 is 1.80 bits per heavy atom. The molecule has 0 atom stereocenters. The van der Waals surface area contributed by atoms with Gasteiger partial charge in [-0.3, -0.25) is 0 Å². The van der Waals surface area contributed by atoms with E-state index in [0.29, 0.717) is 0 Å². The van der Waals surface area contributed by atoms with Gasteiger partial charge in [0.15, 0.2) is 5.55 Å². The Bertz CT molecular complexity index is 45.6. The van der Waals surface area contributed by atoms with Gasteiger partial charge >= 0.3 is 0 Å². The number of hydrogen-bond acceptors (Lipinski definition) is 4. The highest BCUT2D eigenvalue weighted by Crippen LogP contribution is 2.08. The van der Waals surface area contributed by atoms with Gasteiger partial charge < -0.3 is 0 Å². The third-order valence-corrected chi connectivity index (χ3v) is 1.32. The molecule has 0 unspecified atom stereocenters. The van der Waals surface area contributed by atoms with Gasteiger partial charge in [-0.2, -0.15) is 8.53 Å². The van der Waals surface area contributed by atoms with Crippen LogP contribution in [0, 0.1) is 0 Å². The number of nitrogens with one attached hydrogen (secondary N) is 1. The topological polar surface area (TPSA) is 24.4 Å². The van der Waals surface area contributed by atoms with Crippen LogP contribution in [-0.4, -0.2) is 5.55 Å². The summed E-state index contributed by atoms with van der Waals surface area (Å²) in [5.41, 5.74) is 2.62. The van der Waals surface area contributed by atoms with Gasteiger partial charge in [-0.25, -0.2) is 0 Å². The fourth-order valence-corrected chi connectivity index (χ4v) is 0.839. The average Bonchev–Trinajstić information content (AvgIpc) is 1.76. The SMILES string of the molecule is [C]1=NSNS1. The maximum atomic E-state index is 3.60. The highest BCUT2D eigenvalue weighted by Gasteiger charge is 1.87. The largest absolute Gasteiger partial charge is 0.188 e. The minimum absolute atomic E-state index is 1.30. The first-order chi connectivity index (χ1) is 2.50. The molecule has 0 saturated heterocycles. The van der Waals surface area contributed by atoms with Crippen molar-refractivity contribution in [3.05, 3.63) is 0 Å². The molecule has 0 amide bonds. The fraction of sp³-hybridized carbons (Fsp3) is 0. The number of rotatable bonds is 0. The zero-order valence-corrected chi connectivity index (χ0v) is 3.90. The monoisotopic (exact) mass is 105 g/mol. The van der Waals surface area contributed by atoms with Crippen LogP contribution in [0.1, 0.15) is 0 Å². The van der Waals surface area contributed by atoms with E-state index >= 15 is 0 Å². The summed E-state index contributed by atoms with van der Waals surface area (Å²) in [7, 11) is 0. The van der Waals surface area contributed by atoms with Crippen LogP contribution in [-0.2, 0) is 0 Å². The molecule has 1 aliphatic heterocycles. The Morgan fingerprint density at radius 2 is 2.80 bits per heavy atom. The van der Waals surface area contributed by atoms with Crippen LogP contribution in [0.15, 0.2) is 4.40 Å². The molecule has 0 aromatic rings. The van der Waals surface area contributed by atoms with Gasteiger partial charge in [-0.15, -0.1) is 0 Å². The van der Waals surface area contributed by atoms with Gasteiger partial charge in [0.25, 0.3) is 0 Å². The third kappa shape index (κ3) is 0.827. The molecule has 1 radical (unpaired) electrons. The highest BCUT2D eigenvalue weighted by molar-refractivity contribution is 8.22. The molecular weight excluding hydrogens is 104 g/mol. The normalized spacial score (nSPS) is 20.8. The Kier molecular flexibility index (Phi) is 1.19. The number of hydrogen-bond donors (Lipinski definition) is 1. The van der Waals surface area contributed by atoms with Crippen LogP contribution in [0.2, 0.25) is 0 Å². The Morgan fingerprint density at radius 3 is 3.00 bits per heavy atom. The summed E-state index contributed by atoms with van der Waals surface area (Å²) in [6, 6.07) is 0. The van der Waals surface area contributed by atoms with Gasteiger partial charge in [0.1, 0.15) is 0 Å². The lowest BCUT2D eigenvalue weighted by atomic mass is 11.7. The zero-order valence-electron chi connectivity index (χ0n) is 2.26. The van der Waals surface area contributed by atoms with Crippen LogP contribution < -0.4 is 4.13 Å². The predicted octanol–water partition coefficient (Wildman–Crippen LogP) is 0.706. The molecule has 0 spiro atoms. The van der Waals surface area contributed by atoms with Crippen molar-refractivity contribution in [2.45, 2.75) is 0 Å². The van der Waals surface area contributed by atoms with E-state index in [2.05, 4.69) is 14.1 Å². The van der Waals surface area contributed by atoms with E-state index in [1.807, 2.05) is 0 Å². The van der Waals surface area contributed by atoms with Crippen LogP contribution in [0.5, 0.6) is 0 Å². The van der Waals surface area contributed by atoms with Crippen molar-refractivity contribution < 1.29 is 0 Å². The summed E-state index contributed by atoms with van der Waals surface area (Å²) in [4.78, 5) is 0. The molecule has 0 aromatic heterocycles. The lowest BCUT2D eigenvalue weighted by Crippen LogP contribution is -1.74. The molecule has 2 nitrogen and oxygen atoms in total. The van der Waals surface area contributed by atoms with Crippen molar-refractivity contribution in [3.63, 3.8) is 0 Å². The van der Waals surface area contributed by atoms with Crippen molar-refractivity contribution in [3.8, 4) is 0 Å². The Balaban J connectivity index is 2.32. The Labute approximate surface area is 38.8 Å². The second-order valence-corrected chi connectivity index (χ2v) is 1.88. The summed E-state index contributed by atoms with van der Waals surface area (Å²) in [5, 5.41) is 0. The second-order valence-electron chi connectivity index (χ2n) is 0.459. The molecule has 4 heteroatoms. The van der Waals surface area contributed by atoms with Crippen LogP contribution in [0.3, 0.4) is 0 Å². The van der Waals surface area contributed by atoms with Gasteiger partial charge in [-0.1, -0.05) is 0 Å². The van der Waals surface area contributed by atoms with Gasteiger partial charge in [-0.05, 0) is 11.9 Å². The lowest BCUT2D eigenvalue weighted by molar-refractivity contribution is 1.77. The number of nitrogens with zero attached hydrogens (tertiary/aromatic N) is 1. The van der Waals surface area contributed by atoms with Gasteiger partial charge in [0, 0.05) is 0 Å². The molecule has 0 bridgehead atoms. The molecule has 1 rings (SSSR count). The third-order valence-electron chi connectivity index (χ3n) is 0.207. The second kappa shape index (κ2) is 1.69. The van der Waals surface area contributed by atoms with E-state index in [4.69, 9.17) is 0 Å². The van der Waals surface area contributed by atoms with E-state index in [9.17, 15) is 0 Å². The summed E-state index contributed by atoms with van der Waals surface area (Å²) in [5.74, 6) is 0. The van der Waals surface area contributed by atoms with Crippen molar-refractivity contribution in [1.82, 2.24) is 4.13 Å². The van der Waals surface area contributed by atoms with E-state index in [0.717, 1.165) is 0 Å². The molecule has 1 aliphatic rings. The average molecular weight is 105 g/mol. The van der Waals surface area contributed by atoms with Crippen LogP contribution in [0.25, 0.3) is 0 Å².